The molecule has 0 aliphatic rings. The molecular weight excluding hydrogens is 374 g/mol. The minimum absolute atomic E-state index is 0.119. The average Bonchev–Trinajstić information content (AvgIpc) is 3.10. The fourth-order valence-corrected chi connectivity index (χ4v) is 3.84. The van der Waals surface area contributed by atoms with E-state index in [0.717, 1.165) is 51.7 Å². The number of benzene rings is 3. The van der Waals surface area contributed by atoms with Crippen molar-refractivity contribution < 1.29 is 10.2 Å². The van der Waals surface area contributed by atoms with Gasteiger partial charge in [0.2, 0.25) is 0 Å². The molecule has 0 amide bonds. The molecule has 3 aromatic carbocycles. The Morgan fingerprint density at radius 3 is 2.40 bits per heavy atom. The van der Waals surface area contributed by atoms with Crippen LogP contribution < -0.4 is 5.32 Å². The predicted octanol–water partition coefficient (Wildman–Crippen LogP) is 5.45. The van der Waals surface area contributed by atoms with E-state index in [2.05, 4.69) is 10.3 Å². The summed E-state index contributed by atoms with van der Waals surface area (Å²) in [4.78, 5) is 7.85. The molecule has 30 heavy (non-hydrogen) atoms. The van der Waals surface area contributed by atoms with Gasteiger partial charge < -0.3 is 20.5 Å². The number of phenols is 1. The highest BCUT2D eigenvalue weighted by atomic mass is 16.3. The summed E-state index contributed by atoms with van der Waals surface area (Å²) in [7, 11) is 0. The monoisotopic (exact) mass is 395 g/mol. The van der Waals surface area contributed by atoms with Crippen molar-refractivity contribution in [2.24, 2.45) is 0 Å². The van der Waals surface area contributed by atoms with Crippen molar-refractivity contribution in [3.63, 3.8) is 0 Å². The fourth-order valence-electron chi connectivity index (χ4n) is 3.84. The maximum atomic E-state index is 10.6. The lowest BCUT2D eigenvalue weighted by Gasteiger charge is -2.12. The minimum Gasteiger partial charge on any atom is -0.508 e. The molecule has 5 aromatic rings. The SMILES string of the molecule is Oc1ccc(CCNc2cc(-c3c(O)[nH]c4ccccc34)nc3ccccc23)cc1. The average molecular weight is 395 g/mol. The van der Waals surface area contributed by atoms with Gasteiger partial charge in [-0.25, -0.2) is 4.98 Å². The van der Waals surface area contributed by atoms with Gasteiger partial charge in [-0.2, -0.15) is 0 Å². The lowest BCUT2D eigenvalue weighted by molar-refractivity contribution is 0.460. The van der Waals surface area contributed by atoms with Crippen LogP contribution in [0.2, 0.25) is 0 Å². The number of aromatic hydroxyl groups is 2. The third-order valence-corrected chi connectivity index (χ3v) is 5.32. The van der Waals surface area contributed by atoms with E-state index in [-0.39, 0.29) is 11.6 Å². The number of rotatable bonds is 5. The first-order valence-corrected chi connectivity index (χ1v) is 9.90. The molecule has 0 saturated carbocycles. The number of H-pyrrole nitrogens is 1. The van der Waals surface area contributed by atoms with Crippen LogP contribution in [-0.4, -0.2) is 26.7 Å². The first kappa shape index (κ1) is 18.1. The van der Waals surface area contributed by atoms with Gasteiger partial charge in [-0.1, -0.05) is 48.5 Å². The Labute approximate surface area is 173 Å². The molecule has 4 N–H and O–H groups in total. The number of para-hydroxylation sites is 2. The molecule has 2 aromatic heterocycles. The van der Waals surface area contributed by atoms with Crippen LogP contribution in [-0.2, 0) is 6.42 Å². The maximum Gasteiger partial charge on any atom is 0.199 e. The molecule has 5 rings (SSSR count). The van der Waals surface area contributed by atoms with Gasteiger partial charge in [0, 0.05) is 28.5 Å². The van der Waals surface area contributed by atoms with E-state index in [1.165, 1.54) is 0 Å². The van der Waals surface area contributed by atoms with Crippen molar-refractivity contribution in [1.82, 2.24) is 9.97 Å². The van der Waals surface area contributed by atoms with Crippen molar-refractivity contribution in [3.05, 3.63) is 84.4 Å². The summed E-state index contributed by atoms with van der Waals surface area (Å²) < 4.78 is 0. The molecule has 0 bridgehead atoms. The lowest BCUT2D eigenvalue weighted by atomic mass is 10.1. The molecule has 0 atom stereocenters. The second-order valence-corrected chi connectivity index (χ2v) is 7.31. The molecule has 0 saturated heterocycles. The van der Waals surface area contributed by atoms with Crippen molar-refractivity contribution in [2.75, 3.05) is 11.9 Å². The van der Waals surface area contributed by atoms with E-state index in [0.29, 0.717) is 5.56 Å². The number of nitrogens with one attached hydrogen (secondary N) is 2. The number of pyridine rings is 1. The number of anilines is 1. The molecular formula is C25H21N3O2. The molecule has 2 heterocycles. The van der Waals surface area contributed by atoms with Crippen molar-refractivity contribution >= 4 is 27.5 Å². The van der Waals surface area contributed by atoms with Gasteiger partial charge in [-0.3, -0.25) is 0 Å². The van der Waals surface area contributed by atoms with E-state index in [4.69, 9.17) is 4.98 Å². The van der Waals surface area contributed by atoms with E-state index in [1.807, 2.05) is 66.7 Å². The first-order valence-electron chi connectivity index (χ1n) is 9.90. The third-order valence-electron chi connectivity index (χ3n) is 5.32. The highest BCUT2D eigenvalue weighted by Crippen LogP contribution is 2.38. The van der Waals surface area contributed by atoms with E-state index < -0.39 is 0 Å². The van der Waals surface area contributed by atoms with Gasteiger partial charge in [-0.15, -0.1) is 0 Å². The first-order chi connectivity index (χ1) is 14.7. The quantitative estimate of drug-likeness (QED) is 0.319. The number of aromatic nitrogens is 2. The zero-order valence-electron chi connectivity index (χ0n) is 16.3. The molecule has 0 unspecified atom stereocenters. The summed E-state index contributed by atoms with van der Waals surface area (Å²) in [6.07, 6.45) is 0.824. The summed E-state index contributed by atoms with van der Waals surface area (Å²) in [6, 6.07) is 25.1. The normalized spacial score (nSPS) is 11.2. The lowest BCUT2D eigenvalue weighted by Crippen LogP contribution is -2.06. The summed E-state index contributed by atoms with van der Waals surface area (Å²) in [5.74, 6) is 0.393. The number of phenolic OH excluding ortho intramolecular Hbond substituents is 1. The van der Waals surface area contributed by atoms with E-state index in [1.54, 1.807) is 12.1 Å². The zero-order valence-corrected chi connectivity index (χ0v) is 16.3. The molecule has 0 spiro atoms. The van der Waals surface area contributed by atoms with Crippen LogP contribution in [0.1, 0.15) is 5.56 Å². The van der Waals surface area contributed by atoms with Gasteiger partial charge in [0.15, 0.2) is 5.88 Å². The van der Waals surface area contributed by atoms with Crippen LogP contribution in [0.5, 0.6) is 11.6 Å². The molecule has 0 aliphatic carbocycles. The largest absolute Gasteiger partial charge is 0.508 e. The topological polar surface area (TPSA) is 81.2 Å². The van der Waals surface area contributed by atoms with Crippen LogP contribution in [0, 0.1) is 0 Å². The van der Waals surface area contributed by atoms with Crippen LogP contribution in [0.15, 0.2) is 78.9 Å². The zero-order chi connectivity index (χ0) is 20.5. The van der Waals surface area contributed by atoms with Crippen LogP contribution >= 0.6 is 0 Å². The Bertz CT molecular complexity index is 1340. The summed E-state index contributed by atoms with van der Waals surface area (Å²) in [6.45, 7) is 0.734. The van der Waals surface area contributed by atoms with Crippen LogP contribution in [0.3, 0.4) is 0 Å². The third kappa shape index (κ3) is 3.31. The van der Waals surface area contributed by atoms with E-state index in [9.17, 15) is 10.2 Å². The highest BCUT2D eigenvalue weighted by molar-refractivity contribution is 6.01. The summed E-state index contributed by atoms with van der Waals surface area (Å²) >= 11 is 0. The van der Waals surface area contributed by atoms with Gasteiger partial charge >= 0.3 is 0 Å². The van der Waals surface area contributed by atoms with Crippen molar-refractivity contribution in [1.29, 1.82) is 0 Å². The second kappa shape index (κ2) is 7.44. The molecule has 0 aliphatic heterocycles. The molecule has 5 heteroatoms. The molecule has 0 radical (unpaired) electrons. The minimum atomic E-state index is 0.119. The highest BCUT2D eigenvalue weighted by Gasteiger charge is 2.16. The smallest absolute Gasteiger partial charge is 0.199 e. The van der Waals surface area contributed by atoms with Gasteiger partial charge in [0.25, 0.3) is 0 Å². The fraction of sp³-hybridized carbons (Fsp3) is 0.0800. The standard InChI is InChI=1S/C25H21N3O2/c29-17-11-9-16(10-12-17)13-14-26-22-15-23(27-20-7-3-1-5-18(20)22)24-19-6-2-4-8-21(19)28-25(24)30/h1-12,15,28-30H,13-14H2,(H,26,27). The molecule has 5 nitrogen and oxygen atoms in total. The Morgan fingerprint density at radius 2 is 1.57 bits per heavy atom. The Balaban J connectivity index is 1.53. The van der Waals surface area contributed by atoms with Crippen LogP contribution in [0.25, 0.3) is 33.1 Å². The van der Waals surface area contributed by atoms with Crippen molar-refractivity contribution in [3.8, 4) is 22.9 Å². The predicted molar refractivity (Wildman–Crippen MR) is 121 cm³/mol. The summed E-state index contributed by atoms with van der Waals surface area (Å²) in [5.41, 5.74) is 5.29. The van der Waals surface area contributed by atoms with Gasteiger partial charge in [0.1, 0.15) is 5.75 Å². The number of nitrogens with zero attached hydrogens (tertiary/aromatic N) is 1. The molecule has 0 fully saturated rings. The van der Waals surface area contributed by atoms with Gasteiger partial charge in [0.05, 0.1) is 16.8 Å². The van der Waals surface area contributed by atoms with Gasteiger partial charge in [-0.05, 0) is 42.3 Å². The Hall–Kier alpha value is -3.99. The van der Waals surface area contributed by atoms with Crippen molar-refractivity contribution in [2.45, 2.75) is 6.42 Å². The molecule has 148 valence electrons. The number of fused-ring (bicyclic) bond motifs is 2. The second-order valence-electron chi connectivity index (χ2n) is 7.31. The van der Waals surface area contributed by atoms with E-state index >= 15 is 0 Å². The number of aromatic amines is 1. The maximum absolute atomic E-state index is 10.6. The Morgan fingerprint density at radius 1 is 0.833 bits per heavy atom. The number of hydrogen-bond donors (Lipinski definition) is 4. The number of hydrogen-bond acceptors (Lipinski definition) is 4. The summed E-state index contributed by atoms with van der Waals surface area (Å²) in [5, 5.41) is 25.5. The Kier molecular flexibility index (Phi) is 4.48. The van der Waals surface area contributed by atoms with Crippen LogP contribution in [0.4, 0.5) is 5.69 Å².